The summed E-state index contributed by atoms with van der Waals surface area (Å²) in [4.78, 5) is 8.85. The first-order valence-electron chi connectivity index (χ1n) is 7.68. The zero-order valence-electron chi connectivity index (χ0n) is 13.1. The fraction of sp³-hybridized carbons (Fsp3) is 0. The second-order valence-electron chi connectivity index (χ2n) is 5.47. The van der Waals surface area contributed by atoms with Crippen molar-refractivity contribution in [1.29, 1.82) is 0 Å². The Balaban J connectivity index is 1.72. The molecule has 0 spiro atoms. The zero-order valence-corrected chi connectivity index (χ0v) is 13.8. The van der Waals surface area contributed by atoms with Gasteiger partial charge in [0.25, 0.3) is 0 Å². The van der Waals surface area contributed by atoms with Gasteiger partial charge in [0, 0.05) is 16.8 Å². The number of aliphatic imine (C=N–C) groups is 1. The van der Waals surface area contributed by atoms with Gasteiger partial charge in [-0.1, -0.05) is 41.9 Å². The van der Waals surface area contributed by atoms with Crippen LogP contribution in [0, 0.1) is 0 Å². The van der Waals surface area contributed by atoms with Crippen LogP contribution in [0.4, 0.5) is 5.69 Å². The van der Waals surface area contributed by atoms with E-state index in [0.29, 0.717) is 27.7 Å². The third kappa shape index (κ3) is 3.12. The number of para-hydroxylation sites is 2. The lowest BCUT2D eigenvalue weighted by molar-refractivity contribution is 0.474. The molecule has 3 aromatic carbocycles. The molecule has 0 fully saturated rings. The van der Waals surface area contributed by atoms with E-state index in [4.69, 9.17) is 16.0 Å². The van der Waals surface area contributed by atoms with Crippen LogP contribution in [0.1, 0.15) is 5.56 Å². The second kappa shape index (κ2) is 6.42. The van der Waals surface area contributed by atoms with Gasteiger partial charge in [0.15, 0.2) is 5.58 Å². The van der Waals surface area contributed by atoms with Gasteiger partial charge in [0.2, 0.25) is 5.89 Å². The molecule has 0 unspecified atom stereocenters. The molecule has 0 aliphatic rings. The molecule has 25 heavy (non-hydrogen) atoms. The highest BCUT2D eigenvalue weighted by Gasteiger charge is 2.12. The Labute approximate surface area is 149 Å². The van der Waals surface area contributed by atoms with Gasteiger partial charge in [-0.05, 0) is 36.4 Å². The maximum atomic E-state index is 10.2. The molecule has 1 N–H and O–H groups in total. The number of phenols is 1. The number of hydrogen-bond acceptors (Lipinski definition) is 4. The number of aromatic nitrogens is 1. The molecule has 0 amide bonds. The molecular formula is C20H13ClN2O2. The molecule has 4 aromatic rings. The van der Waals surface area contributed by atoms with Crippen molar-refractivity contribution in [1.82, 2.24) is 4.98 Å². The Morgan fingerprint density at radius 3 is 2.64 bits per heavy atom. The fourth-order valence-corrected chi connectivity index (χ4v) is 2.67. The molecule has 0 saturated heterocycles. The van der Waals surface area contributed by atoms with E-state index in [0.717, 1.165) is 11.1 Å². The van der Waals surface area contributed by atoms with Crippen molar-refractivity contribution in [3.63, 3.8) is 0 Å². The zero-order chi connectivity index (χ0) is 17.2. The van der Waals surface area contributed by atoms with Crippen molar-refractivity contribution in [3.05, 3.63) is 77.3 Å². The molecule has 0 saturated carbocycles. The van der Waals surface area contributed by atoms with E-state index in [-0.39, 0.29) is 5.75 Å². The first-order valence-corrected chi connectivity index (χ1v) is 8.06. The van der Waals surface area contributed by atoms with Gasteiger partial charge >= 0.3 is 0 Å². The van der Waals surface area contributed by atoms with Gasteiger partial charge < -0.3 is 9.52 Å². The predicted octanol–water partition coefficient (Wildman–Crippen LogP) is 5.60. The van der Waals surface area contributed by atoms with Gasteiger partial charge in [0.1, 0.15) is 11.3 Å². The quantitative estimate of drug-likeness (QED) is 0.490. The SMILES string of the molecule is Oc1ccc(N=Cc2ccccc2Cl)cc1-c1nc2ccccc2o1. The van der Waals surface area contributed by atoms with E-state index in [1.165, 1.54) is 0 Å². The summed E-state index contributed by atoms with van der Waals surface area (Å²) in [6.07, 6.45) is 1.69. The molecule has 0 aliphatic carbocycles. The fourth-order valence-electron chi connectivity index (χ4n) is 2.49. The van der Waals surface area contributed by atoms with Crippen molar-refractivity contribution in [2.24, 2.45) is 4.99 Å². The molecular weight excluding hydrogens is 336 g/mol. The molecule has 0 aliphatic heterocycles. The first-order chi connectivity index (χ1) is 12.2. The summed E-state index contributed by atoms with van der Waals surface area (Å²) in [7, 11) is 0. The molecule has 0 atom stereocenters. The summed E-state index contributed by atoms with van der Waals surface area (Å²) >= 11 is 6.13. The molecule has 4 rings (SSSR count). The molecule has 122 valence electrons. The lowest BCUT2D eigenvalue weighted by atomic mass is 10.1. The van der Waals surface area contributed by atoms with Crippen LogP contribution in [-0.4, -0.2) is 16.3 Å². The smallest absolute Gasteiger partial charge is 0.231 e. The molecule has 0 radical (unpaired) electrons. The number of halogens is 1. The van der Waals surface area contributed by atoms with Crippen LogP contribution in [0.25, 0.3) is 22.6 Å². The number of oxazole rings is 1. The largest absolute Gasteiger partial charge is 0.507 e. The number of hydrogen-bond donors (Lipinski definition) is 1. The van der Waals surface area contributed by atoms with Crippen molar-refractivity contribution in [2.45, 2.75) is 0 Å². The predicted molar refractivity (Wildman–Crippen MR) is 99.8 cm³/mol. The van der Waals surface area contributed by atoms with Crippen LogP contribution in [0.3, 0.4) is 0 Å². The standard InChI is InChI=1S/C20H13ClN2O2/c21-16-6-2-1-5-13(16)12-22-14-9-10-18(24)15(11-14)20-23-17-7-3-4-8-19(17)25-20/h1-12,24H. The topological polar surface area (TPSA) is 58.6 Å². The summed E-state index contributed by atoms with van der Waals surface area (Å²) in [5.41, 5.74) is 3.38. The van der Waals surface area contributed by atoms with Crippen molar-refractivity contribution < 1.29 is 9.52 Å². The van der Waals surface area contributed by atoms with Crippen LogP contribution in [0.2, 0.25) is 5.02 Å². The minimum absolute atomic E-state index is 0.0863. The molecule has 4 nitrogen and oxygen atoms in total. The lowest BCUT2D eigenvalue weighted by Crippen LogP contribution is -1.82. The molecule has 0 bridgehead atoms. The van der Waals surface area contributed by atoms with E-state index in [1.807, 2.05) is 48.5 Å². The molecule has 5 heteroatoms. The van der Waals surface area contributed by atoms with Crippen LogP contribution >= 0.6 is 11.6 Å². The van der Waals surface area contributed by atoms with Crippen LogP contribution in [0.5, 0.6) is 5.75 Å². The Bertz CT molecular complexity index is 1050. The van der Waals surface area contributed by atoms with Crippen LogP contribution in [-0.2, 0) is 0 Å². The Morgan fingerprint density at radius 2 is 1.80 bits per heavy atom. The van der Waals surface area contributed by atoms with E-state index >= 15 is 0 Å². The maximum Gasteiger partial charge on any atom is 0.231 e. The number of nitrogens with zero attached hydrogens (tertiary/aromatic N) is 2. The average molecular weight is 349 g/mol. The monoisotopic (exact) mass is 348 g/mol. The Kier molecular flexibility index (Phi) is 3.96. The third-order valence-corrected chi connectivity index (χ3v) is 4.11. The van der Waals surface area contributed by atoms with E-state index in [1.54, 1.807) is 24.4 Å². The van der Waals surface area contributed by atoms with E-state index in [2.05, 4.69) is 9.98 Å². The highest BCUT2D eigenvalue weighted by Crippen LogP contribution is 2.34. The van der Waals surface area contributed by atoms with Crippen molar-refractivity contribution in [2.75, 3.05) is 0 Å². The second-order valence-corrected chi connectivity index (χ2v) is 5.88. The van der Waals surface area contributed by atoms with E-state index in [9.17, 15) is 5.11 Å². The average Bonchev–Trinajstić information content (AvgIpc) is 3.06. The molecule has 1 heterocycles. The summed E-state index contributed by atoms with van der Waals surface area (Å²) < 4.78 is 5.73. The normalized spacial score (nSPS) is 11.4. The third-order valence-electron chi connectivity index (χ3n) is 3.76. The number of rotatable bonds is 3. The lowest BCUT2D eigenvalue weighted by Gasteiger charge is -2.02. The van der Waals surface area contributed by atoms with Crippen LogP contribution < -0.4 is 0 Å². The van der Waals surface area contributed by atoms with Gasteiger partial charge in [-0.2, -0.15) is 0 Å². The minimum atomic E-state index is 0.0863. The van der Waals surface area contributed by atoms with Gasteiger partial charge in [0.05, 0.1) is 11.3 Å². The minimum Gasteiger partial charge on any atom is -0.507 e. The Morgan fingerprint density at radius 1 is 1.00 bits per heavy atom. The summed E-state index contributed by atoms with van der Waals surface area (Å²) in [6.45, 7) is 0. The maximum absolute atomic E-state index is 10.2. The number of fused-ring (bicyclic) bond motifs is 1. The number of benzene rings is 3. The first kappa shape index (κ1) is 15.4. The van der Waals surface area contributed by atoms with Gasteiger partial charge in [-0.15, -0.1) is 0 Å². The molecule has 1 aromatic heterocycles. The highest BCUT2D eigenvalue weighted by molar-refractivity contribution is 6.33. The summed E-state index contributed by atoms with van der Waals surface area (Å²) in [6, 6.07) is 19.9. The number of phenolic OH excluding ortho intramolecular Hbond substituents is 1. The van der Waals surface area contributed by atoms with Gasteiger partial charge in [-0.25, -0.2) is 4.98 Å². The Hall–Kier alpha value is -3.11. The van der Waals surface area contributed by atoms with E-state index < -0.39 is 0 Å². The van der Waals surface area contributed by atoms with Crippen LogP contribution in [0.15, 0.2) is 76.1 Å². The highest BCUT2D eigenvalue weighted by atomic mass is 35.5. The summed E-state index contributed by atoms with van der Waals surface area (Å²) in [5.74, 6) is 0.441. The number of aromatic hydroxyl groups is 1. The van der Waals surface area contributed by atoms with Crippen molar-refractivity contribution in [3.8, 4) is 17.2 Å². The van der Waals surface area contributed by atoms with Gasteiger partial charge in [-0.3, -0.25) is 4.99 Å². The van der Waals surface area contributed by atoms with Crippen molar-refractivity contribution >= 4 is 34.6 Å². The summed E-state index contributed by atoms with van der Waals surface area (Å²) in [5, 5.41) is 10.8.